The number of aliphatic hydroxyl groups is 1. The molecule has 0 heterocycles. The van der Waals surface area contributed by atoms with E-state index in [1.165, 1.54) is 116 Å². The number of unbranched alkanes of at least 4 members (excludes halogenated alkanes) is 21. The molecule has 11 heteroatoms. The average Bonchev–Trinajstić information content (AvgIpc) is 3.21. The van der Waals surface area contributed by atoms with Crippen molar-refractivity contribution in [3.63, 3.8) is 0 Å². The van der Waals surface area contributed by atoms with E-state index >= 15 is 0 Å². The number of carbonyl (C=O) groups excluding carboxylic acids is 2. The van der Waals surface area contributed by atoms with Crippen molar-refractivity contribution >= 4 is 19.8 Å². The largest absolute Gasteiger partial charge is 0.756 e. The number of phosphoric ester groups is 1. The number of hydrogen-bond acceptors (Lipinski definition) is 9. The minimum atomic E-state index is -4.67. The van der Waals surface area contributed by atoms with Crippen LogP contribution in [0.4, 0.5) is 0 Å². The first-order chi connectivity index (χ1) is 29.4. The maximum absolute atomic E-state index is 12.7. The minimum Gasteiger partial charge on any atom is -0.756 e. The van der Waals surface area contributed by atoms with E-state index in [0.717, 1.165) is 38.5 Å². The molecule has 0 saturated heterocycles. The van der Waals surface area contributed by atoms with Crippen LogP contribution in [0.3, 0.4) is 0 Å². The number of allylic oxidation sites excluding steroid dienone is 7. The third kappa shape index (κ3) is 45.8. The molecule has 0 aromatic heterocycles. The maximum atomic E-state index is 12.7. The zero-order valence-electron chi connectivity index (χ0n) is 39.7. The minimum absolute atomic E-state index is 0.0493. The van der Waals surface area contributed by atoms with Crippen LogP contribution in [0.5, 0.6) is 0 Å². The summed E-state index contributed by atoms with van der Waals surface area (Å²) < 4.78 is 33.8. The fourth-order valence-corrected chi connectivity index (χ4v) is 7.31. The molecule has 61 heavy (non-hydrogen) atoms. The lowest BCUT2D eigenvalue weighted by Gasteiger charge is -2.28. The lowest BCUT2D eigenvalue weighted by molar-refractivity contribution is -0.870. The van der Waals surface area contributed by atoms with Crippen molar-refractivity contribution in [1.29, 1.82) is 0 Å². The first-order valence-corrected chi connectivity index (χ1v) is 25.9. The number of aliphatic hydroxyl groups excluding tert-OH is 1. The molecule has 0 saturated carbocycles. The Labute approximate surface area is 374 Å². The highest BCUT2D eigenvalue weighted by Crippen LogP contribution is 2.38. The van der Waals surface area contributed by atoms with E-state index in [4.69, 9.17) is 18.5 Å². The van der Waals surface area contributed by atoms with E-state index in [-0.39, 0.29) is 26.1 Å². The summed E-state index contributed by atoms with van der Waals surface area (Å²) in [6, 6.07) is 0. The summed E-state index contributed by atoms with van der Waals surface area (Å²) >= 11 is 0. The number of nitrogens with zero attached hydrogens (tertiary/aromatic N) is 1. The molecule has 0 amide bonds. The third-order valence-corrected chi connectivity index (χ3v) is 11.4. The Kier molecular flexibility index (Phi) is 40.5. The number of ether oxygens (including phenoxy) is 2. The Hall–Kier alpha value is -2.07. The van der Waals surface area contributed by atoms with Gasteiger partial charge in [-0.25, -0.2) is 0 Å². The quantitative estimate of drug-likeness (QED) is 0.0159. The van der Waals surface area contributed by atoms with E-state index in [0.29, 0.717) is 30.3 Å². The highest BCUT2D eigenvalue weighted by atomic mass is 31.2. The molecule has 0 aliphatic carbocycles. The Bertz CT molecular complexity index is 1200. The molecule has 10 nitrogen and oxygen atoms in total. The van der Waals surface area contributed by atoms with Gasteiger partial charge in [0.1, 0.15) is 19.8 Å². The fourth-order valence-electron chi connectivity index (χ4n) is 6.58. The van der Waals surface area contributed by atoms with Crippen LogP contribution in [0.1, 0.15) is 200 Å². The molecular weight excluding hydrogens is 790 g/mol. The Morgan fingerprint density at radius 2 is 1.10 bits per heavy atom. The number of esters is 2. The molecule has 0 rings (SSSR count). The van der Waals surface area contributed by atoms with Crippen LogP contribution in [0.25, 0.3) is 0 Å². The molecule has 0 spiro atoms. The van der Waals surface area contributed by atoms with E-state index in [1.54, 1.807) is 12.2 Å². The molecule has 0 aromatic rings. The van der Waals surface area contributed by atoms with Crippen molar-refractivity contribution in [3.05, 3.63) is 48.6 Å². The van der Waals surface area contributed by atoms with Gasteiger partial charge < -0.3 is 33.0 Å². The molecule has 356 valence electrons. The zero-order chi connectivity index (χ0) is 45.1. The normalized spacial score (nSPS) is 14.4. The summed E-state index contributed by atoms with van der Waals surface area (Å²) in [5.74, 6) is -1.03. The molecule has 3 atom stereocenters. The van der Waals surface area contributed by atoms with Crippen molar-refractivity contribution in [2.24, 2.45) is 0 Å². The highest BCUT2D eigenvalue weighted by molar-refractivity contribution is 7.45. The second kappa shape index (κ2) is 41.9. The lowest BCUT2D eigenvalue weighted by atomic mass is 10.0. The van der Waals surface area contributed by atoms with Crippen LogP contribution in [-0.4, -0.2) is 81.2 Å². The Balaban J connectivity index is 4.44. The second-order valence-corrected chi connectivity index (χ2v) is 19.1. The SMILES string of the molecule is CCCCC/C=C\C/C=C\C/C=C\C=C\[C@@H](O)CCCC(=O)OC[C@H](COP(=O)([O-])OCC[N+](C)(C)C)OC(=O)CCCCCCCCCCCCCCCCCCCCC. The average molecular weight is 882 g/mol. The zero-order valence-corrected chi connectivity index (χ0v) is 40.6. The second-order valence-electron chi connectivity index (χ2n) is 17.7. The molecule has 0 aromatic carbocycles. The molecule has 1 N–H and O–H groups in total. The smallest absolute Gasteiger partial charge is 0.306 e. The van der Waals surface area contributed by atoms with Crippen LogP contribution >= 0.6 is 7.82 Å². The van der Waals surface area contributed by atoms with Crippen LogP contribution < -0.4 is 4.89 Å². The highest BCUT2D eigenvalue weighted by Gasteiger charge is 2.22. The lowest BCUT2D eigenvalue weighted by Crippen LogP contribution is -2.37. The van der Waals surface area contributed by atoms with Crippen LogP contribution in [0, 0.1) is 0 Å². The molecule has 1 unspecified atom stereocenters. The van der Waals surface area contributed by atoms with Gasteiger partial charge in [-0.05, 0) is 44.9 Å². The monoisotopic (exact) mass is 882 g/mol. The number of phosphoric acid groups is 1. The summed E-state index contributed by atoms with van der Waals surface area (Å²) in [6.45, 7) is 4.00. The molecule has 0 fully saturated rings. The molecule has 0 radical (unpaired) electrons. The van der Waals surface area contributed by atoms with Crippen molar-refractivity contribution in [2.75, 3.05) is 47.5 Å². The van der Waals surface area contributed by atoms with Gasteiger partial charge in [0.25, 0.3) is 7.82 Å². The van der Waals surface area contributed by atoms with Crippen molar-refractivity contribution < 1.29 is 47.2 Å². The fraction of sp³-hybridized carbons (Fsp3) is 0.800. The third-order valence-electron chi connectivity index (χ3n) is 10.5. The van der Waals surface area contributed by atoms with Gasteiger partial charge in [-0.15, -0.1) is 0 Å². The van der Waals surface area contributed by atoms with Crippen molar-refractivity contribution in [3.8, 4) is 0 Å². The van der Waals surface area contributed by atoms with Gasteiger partial charge in [0.05, 0.1) is 33.9 Å². The van der Waals surface area contributed by atoms with Crippen LogP contribution in [0.2, 0.25) is 0 Å². The standard InChI is InChI=1S/C50H92NO9P/c1-6-8-10-12-14-16-18-20-21-22-23-24-25-27-29-31-33-35-37-41-50(54)60-48(46-59-61(55,56)58-44-43-51(3,4)5)45-57-49(53)42-38-40-47(52)39-36-34-32-30-28-26-19-17-15-13-11-9-7-2/h15,17,26,28,32,34,36,39,47-48,52H,6-14,16,18-25,27,29-31,33,35,37-38,40-46H2,1-5H3/b17-15-,28-26-,34-32-,39-36+/t47-,48-/m1/s1. The maximum Gasteiger partial charge on any atom is 0.306 e. The van der Waals surface area contributed by atoms with Crippen molar-refractivity contribution in [1.82, 2.24) is 0 Å². The van der Waals surface area contributed by atoms with Gasteiger partial charge in [-0.2, -0.15) is 0 Å². The van der Waals surface area contributed by atoms with Crippen LogP contribution in [0.15, 0.2) is 48.6 Å². The van der Waals surface area contributed by atoms with Gasteiger partial charge in [-0.1, -0.05) is 191 Å². The topological polar surface area (TPSA) is 131 Å². The van der Waals surface area contributed by atoms with E-state index in [1.807, 2.05) is 33.3 Å². The van der Waals surface area contributed by atoms with Gasteiger partial charge in [0.2, 0.25) is 0 Å². The predicted molar refractivity (Wildman–Crippen MR) is 251 cm³/mol. The number of carbonyl (C=O) groups is 2. The summed E-state index contributed by atoms with van der Waals surface area (Å²) in [7, 11) is 1.07. The summed E-state index contributed by atoms with van der Waals surface area (Å²) in [5.41, 5.74) is 0. The number of likely N-dealkylation sites (N-methyl/N-ethyl adjacent to an activating group) is 1. The Morgan fingerprint density at radius 3 is 1.66 bits per heavy atom. The number of quaternary nitrogens is 1. The van der Waals surface area contributed by atoms with Gasteiger partial charge in [0, 0.05) is 12.8 Å². The molecule has 0 aliphatic rings. The van der Waals surface area contributed by atoms with E-state index < -0.39 is 38.6 Å². The number of hydrogen-bond donors (Lipinski definition) is 1. The van der Waals surface area contributed by atoms with Gasteiger partial charge in [0.15, 0.2) is 6.10 Å². The Morgan fingerprint density at radius 1 is 0.607 bits per heavy atom. The molecular formula is C50H92NO9P. The van der Waals surface area contributed by atoms with Gasteiger partial charge >= 0.3 is 11.9 Å². The van der Waals surface area contributed by atoms with Crippen LogP contribution in [-0.2, 0) is 32.7 Å². The number of rotatable bonds is 44. The van der Waals surface area contributed by atoms with E-state index in [2.05, 4.69) is 38.2 Å². The molecule has 0 aliphatic heterocycles. The predicted octanol–water partition coefficient (Wildman–Crippen LogP) is 12.6. The van der Waals surface area contributed by atoms with Gasteiger partial charge in [-0.3, -0.25) is 14.2 Å². The molecule has 0 bridgehead atoms. The van der Waals surface area contributed by atoms with E-state index in [9.17, 15) is 24.2 Å². The first-order valence-electron chi connectivity index (χ1n) is 24.5. The first kappa shape index (κ1) is 58.9. The summed E-state index contributed by atoms with van der Waals surface area (Å²) in [5, 5.41) is 10.3. The summed E-state index contributed by atoms with van der Waals surface area (Å²) in [4.78, 5) is 37.7. The van der Waals surface area contributed by atoms with Crippen molar-refractivity contribution in [2.45, 2.75) is 212 Å². The summed E-state index contributed by atoms with van der Waals surface area (Å²) in [6.07, 6.45) is 46.0.